The zero-order valence-corrected chi connectivity index (χ0v) is 5.33. The van der Waals surface area contributed by atoms with E-state index in [1.54, 1.807) is 0 Å². The largest absolute Gasteiger partial charge is 0.368 e. The van der Waals surface area contributed by atoms with E-state index in [0.29, 0.717) is 0 Å². The van der Waals surface area contributed by atoms with Gasteiger partial charge in [-0.2, -0.15) is 0 Å². The van der Waals surface area contributed by atoms with Crippen LogP contribution in [0.3, 0.4) is 0 Å². The molecule has 1 rings (SSSR count). The van der Waals surface area contributed by atoms with Crippen LogP contribution in [-0.2, 0) is 0 Å². The Bertz CT molecular complexity index is 107. The Morgan fingerprint density at radius 2 is 2.11 bits per heavy atom. The standard InChI is InChI=1S/C7H12O2/c8-7(9)6-4-2-1-3-5-6/h1-2,6-9H,3-5H2/t6-/m1/s1. The number of allylic oxidation sites excluding steroid dienone is 2. The van der Waals surface area contributed by atoms with Crippen molar-refractivity contribution < 1.29 is 10.2 Å². The van der Waals surface area contributed by atoms with Gasteiger partial charge in [0.15, 0.2) is 6.29 Å². The first-order valence-electron chi connectivity index (χ1n) is 3.32. The summed E-state index contributed by atoms with van der Waals surface area (Å²) >= 11 is 0. The van der Waals surface area contributed by atoms with Crippen molar-refractivity contribution in [3.63, 3.8) is 0 Å². The molecule has 0 bridgehead atoms. The Morgan fingerprint density at radius 3 is 2.44 bits per heavy atom. The van der Waals surface area contributed by atoms with Gasteiger partial charge < -0.3 is 10.2 Å². The molecule has 0 saturated heterocycles. The summed E-state index contributed by atoms with van der Waals surface area (Å²) in [5.41, 5.74) is 0. The number of hydrogen-bond donors (Lipinski definition) is 2. The Labute approximate surface area is 54.8 Å². The molecule has 9 heavy (non-hydrogen) atoms. The Morgan fingerprint density at radius 1 is 1.33 bits per heavy atom. The smallest absolute Gasteiger partial charge is 0.154 e. The monoisotopic (exact) mass is 128 g/mol. The molecule has 2 heteroatoms. The van der Waals surface area contributed by atoms with E-state index in [0.717, 1.165) is 19.3 Å². The summed E-state index contributed by atoms with van der Waals surface area (Å²) in [5, 5.41) is 17.4. The molecule has 52 valence electrons. The molecule has 0 radical (unpaired) electrons. The number of hydrogen-bond acceptors (Lipinski definition) is 2. The Kier molecular flexibility index (Phi) is 2.25. The van der Waals surface area contributed by atoms with E-state index >= 15 is 0 Å². The molecule has 0 aromatic heterocycles. The van der Waals surface area contributed by atoms with Crippen LogP contribution < -0.4 is 0 Å². The van der Waals surface area contributed by atoms with Gasteiger partial charge in [0.05, 0.1) is 0 Å². The fourth-order valence-corrected chi connectivity index (χ4v) is 1.09. The molecule has 0 amide bonds. The molecule has 1 aliphatic carbocycles. The van der Waals surface area contributed by atoms with E-state index in [4.69, 9.17) is 10.2 Å². The Hall–Kier alpha value is -0.340. The van der Waals surface area contributed by atoms with Gasteiger partial charge in [-0.1, -0.05) is 12.2 Å². The summed E-state index contributed by atoms with van der Waals surface area (Å²) in [5.74, 6) is 0.0787. The first-order chi connectivity index (χ1) is 4.30. The van der Waals surface area contributed by atoms with E-state index in [1.807, 2.05) is 6.08 Å². The molecule has 0 aromatic carbocycles. The first-order valence-corrected chi connectivity index (χ1v) is 3.32. The molecule has 0 aliphatic heterocycles. The normalized spacial score (nSPS) is 27.2. The third kappa shape index (κ3) is 1.80. The maximum atomic E-state index is 8.70. The minimum atomic E-state index is -1.12. The summed E-state index contributed by atoms with van der Waals surface area (Å²) in [6, 6.07) is 0. The zero-order valence-electron chi connectivity index (χ0n) is 5.33. The average molecular weight is 128 g/mol. The molecule has 2 nitrogen and oxygen atoms in total. The lowest BCUT2D eigenvalue weighted by atomic mass is 9.94. The Balaban J connectivity index is 2.35. The third-order valence-corrected chi connectivity index (χ3v) is 1.73. The van der Waals surface area contributed by atoms with Crippen LogP contribution in [0.15, 0.2) is 12.2 Å². The molecule has 0 heterocycles. The fraction of sp³-hybridized carbons (Fsp3) is 0.714. The molecule has 0 saturated carbocycles. The highest BCUT2D eigenvalue weighted by Gasteiger charge is 2.15. The van der Waals surface area contributed by atoms with Crippen molar-refractivity contribution in [2.24, 2.45) is 5.92 Å². The van der Waals surface area contributed by atoms with E-state index in [-0.39, 0.29) is 5.92 Å². The molecule has 1 aliphatic rings. The first kappa shape index (κ1) is 6.78. The summed E-state index contributed by atoms with van der Waals surface area (Å²) < 4.78 is 0. The van der Waals surface area contributed by atoms with Gasteiger partial charge in [-0.25, -0.2) is 0 Å². The number of aliphatic hydroxyl groups is 2. The summed E-state index contributed by atoms with van der Waals surface area (Å²) in [4.78, 5) is 0. The molecule has 2 N–H and O–H groups in total. The van der Waals surface area contributed by atoms with Crippen LogP contribution in [0.4, 0.5) is 0 Å². The van der Waals surface area contributed by atoms with Gasteiger partial charge in [-0.05, 0) is 19.3 Å². The maximum absolute atomic E-state index is 8.70. The topological polar surface area (TPSA) is 40.5 Å². The fourth-order valence-electron chi connectivity index (χ4n) is 1.09. The highest BCUT2D eigenvalue weighted by Crippen LogP contribution is 2.19. The molecular formula is C7H12O2. The van der Waals surface area contributed by atoms with Crippen LogP contribution in [0.2, 0.25) is 0 Å². The van der Waals surface area contributed by atoms with Gasteiger partial charge in [0, 0.05) is 5.92 Å². The van der Waals surface area contributed by atoms with Crippen LogP contribution in [0.25, 0.3) is 0 Å². The van der Waals surface area contributed by atoms with E-state index in [1.165, 1.54) is 0 Å². The van der Waals surface area contributed by atoms with Crippen LogP contribution >= 0.6 is 0 Å². The summed E-state index contributed by atoms with van der Waals surface area (Å²) in [6.07, 6.45) is 5.69. The van der Waals surface area contributed by atoms with Crippen molar-refractivity contribution >= 4 is 0 Å². The molecule has 1 atom stereocenters. The van der Waals surface area contributed by atoms with E-state index in [2.05, 4.69) is 6.08 Å². The van der Waals surface area contributed by atoms with Gasteiger partial charge in [-0.3, -0.25) is 0 Å². The van der Waals surface area contributed by atoms with Gasteiger partial charge >= 0.3 is 0 Å². The van der Waals surface area contributed by atoms with Gasteiger partial charge in [-0.15, -0.1) is 0 Å². The predicted molar refractivity (Wildman–Crippen MR) is 34.7 cm³/mol. The van der Waals surface area contributed by atoms with Crippen LogP contribution in [0.5, 0.6) is 0 Å². The van der Waals surface area contributed by atoms with Gasteiger partial charge in [0.1, 0.15) is 0 Å². The minimum absolute atomic E-state index is 0.0787. The van der Waals surface area contributed by atoms with Crippen molar-refractivity contribution in [2.75, 3.05) is 0 Å². The number of rotatable bonds is 1. The van der Waals surface area contributed by atoms with Gasteiger partial charge in [0.25, 0.3) is 0 Å². The quantitative estimate of drug-likeness (QED) is 0.402. The van der Waals surface area contributed by atoms with Crippen molar-refractivity contribution in [2.45, 2.75) is 25.6 Å². The maximum Gasteiger partial charge on any atom is 0.154 e. The predicted octanol–water partition coefficient (Wildman–Crippen LogP) is 0.653. The van der Waals surface area contributed by atoms with Crippen LogP contribution in [0, 0.1) is 5.92 Å². The van der Waals surface area contributed by atoms with E-state index < -0.39 is 6.29 Å². The second-order valence-electron chi connectivity index (χ2n) is 2.46. The second kappa shape index (κ2) is 2.99. The highest BCUT2D eigenvalue weighted by atomic mass is 16.5. The van der Waals surface area contributed by atoms with E-state index in [9.17, 15) is 0 Å². The average Bonchev–Trinajstić information content (AvgIpc) is 1.90. The lowest BCUT2D eigenvalue weighted by Gasteiger charge is -2.18. The third-order valence-electron chi connectivity index (χ3n) is 1.73. The lowest BCUT2D eigenvalue weighted by molar-refractivity contribution is -0.0855. The SMILES string of the molecule is OC(O)[C@@H]1CC=CCC1. The number of aliphatic hydroxyl groups excluding tert-OH is 1. The summed E-state index contributed by atoms with van der Waals surface area (Å²) in [7, 11) is 0. The molecule has 0 aromatic rings. The van der Waals surface area contributed by atoms with Crippen LogP contribution in [-0.4, -0.2) is 16.5 Å². The van der Waals surface area contributed by atoms with Gasteiger partial charge in [0.2, 0.25) is 0 Å². The lowest BCUT2D eigenvalue weighted by Crippen LogP contribution is -2.20. The summed E-state index contributed by atoms with van der Waals surface area (Å²) in [6.45, 7) is 0. The molecule has 0 unspecified atom stereocenters. The molecule has 0 fully saturated rings. The van der Waals surface area contributed by atoms with Crippen molar-refractivity contribution in [3.8, 4) is 0 Å². The highest BCUT2D eigenvalue weighted by molar-refractivity contribution is 4.90. The van der Waals surface area contributed by atoms with Crippen molar-refractivity contribution in [1.29, 1.82) is 0 Å². The molecule has 0 spiro atoms. The second-order valence-corrected chi connectivity index (χ2v) is 2.46. The zero-order chi connectivity index (χ0) is 6.69. The van der Waals surface area contributed by atoms with Crippen LogP contribution in [0.1, 0.15) is 19.3 Å². The van der Waals surface area contributed by atoms with Crippen molar-refractivity contribution in [1.82, 2.24) is 0 Å². The molecular weight excluding hydrogens is 116 g/mol. The minimum Gasteiger partial charge on any atom is -0.368 e. The van der Waals surface area contributed by atoms with Crippen molar-refractivity contribution in [3.05, 3.63) is 12.2 Å².